The Hall–Kier alpha value is -4.62. The second kappa shape index (κ2) is 12.1. The van der Waals surface area contributed by atoms with Gasteiger partial charge in [0.25, 0.3) is 20.0 Å². The third-order valence-corrected chi connectivity index (χ3v) is 8.81. The summed E-state index contributed by atoms with van der Waals surface area (Å²) in [5, 5.41) is 2.62. The summed E-state index contributed by atoms with van der Waals surface area (Å²) in [7, 11) is -5.28. The van der Waals surface area contributed by atoms with Crippen molar-refractivity contribution in [1.82, 2.24) is 4.98 Å². The first-order chi connectivity index (χ1) is 19.1. The monoisotopic (exact) mass is 582 g/mol. The van der Waals surface area contributed by atoms with Crippen molar-refractivity contribution in [3.8, 4) is 11.5 Å². The molecule has 0 aliphatic carbocycles. The fraction of sp³-hybridized carbons (Fsp3) is 0.111. The molecule has 0 saturated heterocycles. The lowest BCUT2D eigenvalue weighted by molar-refractivity contribution is -0.114. The van der Waals surface area contributed by atoms with E-state index in [0.29, 0.717) is 11.4 Å². The summed E-state index contributed by atoms with van der Waals surface area (Å²) in [5.74, 6) is -0.0987. The molecule has 2 N–H and O–H groups in total. The zero-order chi connectivity index (χ0) is 28.8. The lowest BCUT2D eigenvalue weighted by atomic mass is 10.2. The minimum Gasteiger partial charge on any atom is -0.497 e. The Morgan fingerprint density at radius 3 is 2.17 bits per heavy atom. The SMILES string of the molecule is COc1ccc(OC)c(N(CC(=O)Nc2ccc(S(=O)(=O)Nc3cccnc3)cc2)S(=O)(=O)c2ccccc2)c1. The highest BCUT2D eigenvalue weighted by molar-refractivity contribution is 7.93. The van der Waals surface area contributed by atoms with E-state index in [1.165, 1.54) is 75.1 Å². The molecule has 1 amide bonds. The molecule has 0 unspecified atom stereocenters. The molecule has 0 spiro atoms. The number of pyridine rings is 1. The van der Waals surface area contributed by atoms with Crippen LogP contribution in [-0.4, -0.2) is 48.5 Å². The third kappa shape index (κ3) is 6.50. The van der Waals surface area contributed by atoms with Gasteiger partial charge in [0.1, 0.15) is 18.0 Å². The minimum atomic E-state index is -4.21. The van der Waals surface area contributed by atoms with Crippen LogP contribution in [0.25, 0.3) is 0 Å². The first-order valence-corrected chi connectivity index (χ1v) is 14.7. The lowest BCUT2D eigenvalue weighted by Gasteiger charge is -2.26. The average molecular weight is 583 g/mol. The number of aromatic nitrogens is 1. The van der Waals surface area contributed by atoms with E-state index in [-0.39, 0.29) is 26.9 Å². The number of sulfonamides is 2. The predicted molar refractivity (Wildman–Crippen MR) is 151 cm³/mol. The topological polar surface area (TPSA) is 144 Å². The average Bonchev–Trinajstić information content (AvgIpc) is 2.96. The van der Waals surface area contributed by atoms with Gasteiger partial charge in [0.15, 0.2) is 0 Å². The van der Waals surface area contributed by atoms with Gasteiger partial charge in [-0.3, -0.25) is 18.8 Å². The van der Waals surface area contributed by atoms with Crippen molar-refractivity contribution in [2.24, 2.45) is 0 Å². The van der Waals surface area contributed by atoms with Gasteiger partial charge in [-0.15, -0.1) is 0 Å². The van der Waals surface area contributed by atoms with Crippen LogP contribution in [0.3, 0.4) is 0 Å². The number of anilines is 3. The van der Waals surface area contributed by atoms with Crippen molar-refractivity contribution < 1.29 is 31.1 Å². The van der Waals surface area contributed by atoms with Crippen LogP contribution in [0.15, 0.2) is 107 Å². The number of rotatable bonds is 11. The molecule has 0 aliphatic rings. The summed E-state index contributed by atoms with van der Waals surface area (Å²) in [5.41, 5.74) is 0.663. The maximum absolute atomic E-state index is 13.7. The van der Waals surface area contributed by atoms with Crippen LogP contribution in [-0.2, 0) is 24.8 Å². The number of carbonyl (C=O) groups is 1. The van der Waals surface area contributed by atoms with Gasteiger partial charge in [0.2, 0.25) is 5.91 Å². The molecule has 11 nitrogen and oxygen atoms in total. The summed E-state index contributed by atoms with van der Waals surface area (Å²) >= 11 is 0. The van der Waals surface area contributed by atoms with E-state index in [4.69, 9.17) is 9.47 Å². The largest absolute Gasteiger partial charge is 0.497 e. The molecule has 1 aromatic heterocycles. The number of hydrogen-bond acceptors (Lipinski definition) is 8. The summed E-state index contributed by atoms with van der Waals surface area (Å²) < 4.78 is 66.7. The van der Waals surface area contributed by atoms with Crippen molar-refractivity contribution in [3.63, 3.8) is 0 Å². The van der Waals surface area contributed by atoms with Crippen LogP contribution >= 0.6 is 0 Å². The number of methoxy groups -OCH3 is 2. The van der Waals surface area contributed by atoms with E-state index in [9.17, 15) is 21.6 Å². The molecular weight excluding hydrogens is 556 g/mol. The maximum atomic E-state index is 13.7. The molecule has 40 heavy (non-hydrogen) atoms. The summed E-state index contributed by atoms with van der Waals surface area (Å²) in [6.07, 6.45) is 2.89. The second-order valence-electron chi connectivity index (χ2n) is 8.28. The van der Waals surface area contributed by atoms with Crippen LogP contribution < -0.4 is 23.8 Å². The number of ether oxygens (including phenoxy) is 2. The molecule has 0 saturated carbocycles. The highest BCUT2D eigenvalue weighted by Gasteiger charge is 2.30. The maximum Gasteiger partial charge on any atom is 0.264 e. The quantitative estimate of drug-likeness (QED) is 0.272. The number of benzene rings is 3. The van der Waals surface area contributed by atoms with E-state index in [2.05, 4.69) is 15.0 Å². The molecular formula is C27H26N4O7S2. The Labute approximate surface area is 232 Å². The smallest absolute Gasteiger partial charge is 0.264 e. The Bertz CT molecular complexity index is 1680. The minimum absolute atomic E-state index is 0.0247. The Balaban J connectivity index is 1.59. The van der Waals surface area contributed by atoms with E-state index >= 15 is 0 Å². The van der Waals surface area contributed by atoms with E-state index in [1.54, 1.807) is 36.4 Å². The van der Waals surface area contributed by atoms with E-state index in [1.807, 2.05) is 0 Å². The van der Waals surface area contributed by atoms with Gasteiger partial charge in [-0.25, -0.2) is 16.8 Å². The Kier molecular flexibility index (Phi) is 8.55. The fourth-order valence-electron chi connectivity index (χ4n) is 3.70. The highest BCUT2D eigenvalue weighted by atomic mass is 32.2. The van der Waals surface area contributed by atoms with Crippen LogP contribution in [0.5, 0.6) is 11.5 Å². The molecule has 4 rings (SSSR count). The van der Waals surface area contributed by atoms with Gasteiger partial charge in [0.05, 0.1) is 41.6 Å². The summed E-state index contributed by atoms with van der Waals surface area (Å²) in [6.45, 7) is -0.608. The van der Waals surface area contributed by atoms with Crippen molar-refractivity contribution >= 4 is 43.0 Å². The molecule has 4 aromatic rings. The molecule has 0 bridgehead atoms. The summed E-state index contributed by atoms with van der Waals surface area (Å²) in [4.78, 5) is 16.9. The predicted octanol–water partition coefficient (Wildman–Crippen LogP) is 3.73. The number of carbonyl (C=O) groups excluding carboxylic acids is 1. The molecule has 0 aliphatic heterocycles. The molecule has 208 valence electrons. The third-order valence-electron chi connectivity index (χ3n) is 5.64. The highest BCUT2D eigenvalue weighted by Crippen LogP contribution is 2.35. The molecule has 1 heterocycles. The number of nitrogens with zero attached hydrogens (tertiary/aromatic N) is 2. The zero-order valence-electron chi connectivity index (χ0n) is 21.5. The summed E-state index contributed by atoms with van der Waals surface area (Å²) in [6, 6.07) is 20.9. The van der Waals surface area contributed by atoms with Gasteiger partial charge in [-0.05, 0) is 60.7 Å². The Morgan fingerprint density at radius 2 is 1.55 bits per heavy atom. The molecule has 0 fully saturated rings. The molecule has 13 heteroatoms. The van der Waals surface area contributed by atoms with Crippen molar-refractivity contribution in [3.05, 3.63) is 97.3 Å². The molecule has 0 radical (unpaired) electrons. The van der Waals surface area contributed by atoms with Gasteiger partial charge in [-0.2, -0.15) is 0 Å². The van der Waals surface area contributed by atoms with Crippen molar-refractivity contribution in [2.75, 3.05) is 35.1 Å². The van der Waals surface area contributed by atoms with Crippen molar-refractivity contribution in [1.29, 1.82) is 0 Å². The van der Waals surface area contributed by atoms with E-state index < -0.39 is 32.5 Å². The van der Waals surface area contributed by atoms with Crippen LogP contribution in [0.4, 0.5) is 17.1 Å². The standard InChI is InChI=1S/C27H26N4O7S2/c1-37-22-12-15-26(38-2)25(17-22)31(40(35,36)24-8-4-3-5-9-24)19-27(32)29-20-10-13-23(14-11-20)39(33,34)30-21-7-6-16-28-18-21/h3-18,30H,19H2,1-2H3,(H,29,32). The van der Waals surface area contributed by atoms with Crippen LogP contribution in [0.2, 0.25) is 0 Å². The Morgan fingerprint density at radius 1 is 0.825 bits per heavy atom. The number of hydrogen-bond donors (Lipinski definition) is 2. The van der Waals surface area contributed by atoms with Crippen LogP contribution in [0, 0.1) is 0 Å². The number of nitrogens with one attached hydrogen (secondary N) is 2. The first kappa shape index (κ1) is 28.4. The van der Waals surface area contributed by atoms with Crippen LogP contribution in [0.1, 0.15) is 0 Å². The van der Waals surface area contributed by atoms with Gasteiger partial charge < -0.3 is 14.8 Å². The number of amides is 1. The fourth-order valence-corrected chi connectivity index (χ4v) is 6.18. The van der Waals surface area contributed by atoms with Gasteiger partial charge >= 0.3 is 0 Å². The zero-order valence-corrected chi connectivity index (χ0v) is 23.1. The normalized spacial score (nSPS) is 11.3. The van der Waals surface area contributed by atoms with Gasteiger partial charge in [0, 0.05) is 18.0 Å². The second-order valence-corrected chi connectivity index (χ2v) is 11.8. The van der Waals surface area contributed by atoms with Crippen molar-refractivity contribution in [2.45, 2.75) is 9.79 Å². The molecule has 3 aromatic carbocycles. The van der Waals surface area contributed by atoms with E-state index in [0.717, 1.165) is 4.31 Å². The first-order valence-electron chi connectivity index (χ1n) is 11.8. The lowest BCUT2D eigenvalue weighted by Crippen LogP contribution is -2.38. The molecule has 0 atom stereocenters. The van der Waals surface area contributed by atoms with Gasteiger partial charge in [-0.1, -0.05) is 18.2 Å².